The molecular formula is C19H29NO5. The molecule has 140 valence electrons. The highest BCUT2D eigenvalue weighted by Crippen LogP contribution is 2.37. The van der Waals surface area contributed by atoms with Crippen LogP contribution in [0.4, 0.5) is 0 Å². The molecule has 1 aliphatic rings. The lowest BCUT2D eigenvalue weighted by molar-refractivity contribution is -0.158. The van der Waals surface area contributed by atoms with Crippen LogP contribution in [0.1, 0.15) is 25.3 Å². The summed E-state index contributed by atoms with van der Waals surface area (Å²) in [7, 11) is 1.63. The molecule has 1 aromatic carbocycles. The molecule has 1 saturated heterocycles. The van der Waals surface area contributed by atoms with Crippen molar-refractivity contribution in [1.82, 2.24) is 4.90 Å². The number of ether oxygens (including phenoxy) is 2. The van der Waals surface area contributed by atoms with Gasteiger partial charge in [0, 0.05) is 6.54 Å². The number of carbonyl (C=O) groups is 1. The quantitative estimate of drug-likeness (QED) is 0.686. The van der Waals surface area contributed by atoms with Gasteiger partial charge in [0.1, 0.15) is 5.75 Å². The molecule has 6 nitrogen and oxygen atoms in total. The van der Waals surface area contributed by atoms with Crippen molar-refractivity contribution in [3.63, 3.8) is 0 Å². The molecule has 0 radical (unpaired) electrons. The van der Waals surface area contributed by atoms with E-state index in [2.05, 4.69) is 4.90 Å². The van der Waals surface area contributed by atoms with E-state index in [9.17, 15) is 9.90 Å². The average molecular weight is 351 g/mol. The predicted octanol–water partition coefficient (Wildman–Crippen LogP) is 1.24. The van der Waals surface area contributed by atoms with E-state index in [1.807, 2.05) is 31.2 Å². The molecule has 0 unspecified atom stereocenters. The molecule has 0 spiro atoms. The van der Waals surface area contributed by atoms with Gasteiger partial charge in [-0.05, 0) is 57.0 Å². The van der Waals surface area contributed by atoms with E-state index in [-0.39, 0.29) is 12.6 Å². The van der Waals surface area contributed by atoms with Gasteiger partial charge in [-0.15, -0.1) is 0 Å². The van der Waals surface area contributed by atoms with Crippen LogP contribution in [0.2, 0.25) is 0 Å². The molecule has 1 atom stereocenters. The van der Waals surface area contributed by atoms with E-state index in [0.717, 1.165) is 11.3 Å². The van der Waals surface area contributed by atoms with Crippen LogP contribution in [-0.4, -0.2) is 67.1 Å². The third kappa shape index (κ3) is 5.17. The highest BCUT2D eigenvalue weighted by molar-refractivity contribution is 5.77. The Morgan fingerprint density at radius 1 is 1.36 bits per heavy atom. The van der Waals surface area contributed by atoms with E-state index < -0.39 is 11.5 Å². The van der Waals surface area contributed by atoms with Gasteiger partial charge in [0.05, 0.1) is 31.8 Å². The first kappa shape index (κ1) is 19.7. The molecule has 1 aromatic rings. The summed E-state index contributed by atoms with van der Waals surface area (Å²) < 4.78 is 10.7. The first-order chi connectivity index (χ1) is 12.0. The van der Waals surface area contributed by atoms with Gasteiger partial charge in [-0.25, -0.2) is 0 Å². The van der Waals surface area contributed by atoms with Crippen LogP contribution in [0.25, 0.3) is 0 Å². The third-order valence-electron chi connectivity index (χ3n) is 4.88. The van der Waals surface area contributed by atoms with Gasteiger partial charge in [-0.3, -0.25) is 4.79 Å². The number of benzene rings is 1. The van der Waals surface area contributed by atoms with Gasteiger partial charge in [0.25, 0.3) is 0 Å². The smallest absolute Gasteiger partial charge is 0.312 e. The highest BCUT2D eigenvalue weighted by Gasteiger charge is 2.42. The van der Waals surface area contributed by atoms with Gasteiger partial charge in [0.2, 0.25) is 0 Å². The predicted molar refractivity (Wildman–Crippen MR) is 94.5 cm³/mol. The fraction of sp³-hybridized carbons (Fsp3) is 0.632. The van der Waals surface area contributed by atoms with Crippen molar-refractivity contribution in [3.8, 4) is 5.75 Å². The summed E-state index contributed by atoms with van der Waals surface area (Å²) in [5, 5.41) is 18.6. The number of hydrogen-bond donors (Lipinski definition) is 2. The highest BCUT2D eigenvalue weighted by atomic mass is 16.5. The van der Waals surface area contributed by atoms with Gasteiger partial charge in [-0.1, -0.05) is 12.1 Å². The Balaban J connectivity index is 2.12. The van der Waals surface area contributed by atoms with Crippen LogP contribution >= 0.6 is 0 Å². The summed E-state index contributed by atoms with van der Waals surface area (Å²) in [4.78, 5) is 14.8. The van der Waals surface area contributed by atoms with E-state index in [1.54, 1.807) is 7.11 Å². The van der Waals surface area contributed by atoms with Crippen molar-refractivity contribution in [2.75, 3.05) is 40.0 Å². The summed E-state index contributed by atoms with van der Waals surface area (Å²) in [6, 6.07) is 7.79. The first-order valence-corrected chi connectivity index (χ1v) is 8.84. The molecule has 0 aromatic heterocycles. The molecule has 1 fully saturated rings. The normalized spacial score (nSPS) is 18.6. The van der Waals surface area contributed by atoms with Crippen molar-refractivity contribution in [1.29, 1.82) is 0 Å². The van der Waals surface area contributed by atoms with Crippen molar-refractivity contribution in [3.05, 3.63) is 29.8 Å². The summed E-state index contributed by atoms with van der Waals surface area (Å²) in [6.07, 6.45) is 1.20. The minimum Gasteiger partial charge on any atom is -0.497 e. The summed E-state index contributed by atoms with van der Waals surface area (Å²) >= 11 is 0. The van der Waals surface area contributed by atoms with Crippen molar-refractivity contribution in [2.24, 2.45) is 5.41 Å². The van der Waals surface area contributed by atoms with Crippen LogP contribution in [0.5, 0.6) is 5.75 Å². The van der Waals surface area contributed by atoms with Crippen LogP contribution in [0.15, 0.2) is 24.3 Å². The molecule has 0 saturated carbocycles. The molecular weight excluding hydrogens is 322 g/mol. The second-order valence-corrected chi connectivity index (χ2v) is 6.67. The number of hydrogen-bond acceptors (Lipinski definition) is 6. The maximum Gasteiger partial charge on any atom is 0.312 e. The number of nitrogens with zero attached hydrogens (tertiary/aromatic N) is 1. The Hall–Kier alpha value is -1.63. The fourth-order valence-corrected chi connectivity index (χ4v) is 3.43. The summed E-state index contributed by atoms with van der Waals surface area (Å²) in [5.41, 5.74) is 0.500. The summed E-state index contributed by atoms with van der Waals surface area (Å²) in [6.45, 7) is 3.76. The third-order valence-corrected chi connectivity index (χ3v) is 4.88. The van der Waals surface area contributed by atoms with Gasteiger partial charge < -0.3 is 24.6 Å². The zero-order valence-electron chi connectivity index (χ0n) is 15.1. The van der Waals surface area contributed by atoms with Crippen molar-refractivity contribution < 1.29 is 24.5 Å². The maximum atomic E-state index is 12.7. The minimum absolute atomic E-state index is 0.153. The SMILES string of the molecule is CCOC(=O)C1(Cc2cccc(OC)c2)CCN(C[C@H](O)CO)CC1. The number of β-amino-alcohol motifs (C(OH)–C–C–N with tert-alkyl or cyclic N) is 1. The first-order valence-electron chi connectivity index (χ1n) is 8.84. The monoisotopic (exact) mass is 351 g/mol. The molecule has 1 aliphatic heterocycles. The van der Waals surface area contributed by atoms with Crippen molar-refractivity contribution >= 4 is 5.97 Å². The van der Waals surface area contributed by atoms with Crippen LogP contribution < -0.4 is 4.74 Å². The lowest BCUT2D eigenvalue weighted by Crippen LogP contribution is -2.48. The van der Waals surface area contributed by atoms with Crippen LogP contribution in [0, 0.1) is 5.41 Å². The molecule has 0 aliphatic carbocycles. The second-order valence-electron chi connectivity index (χ2n) is 6.67. The fourth-order valence-electron chi connectivity index (χ4n) is 3.43. The number of carbonyl (C=O) groups excluding carboxylic acids is 1. The van der Waals surface area contributed by atoms with Gasteiger partial charge in [-0.2, -0.15) is 0 Å². The Morgan fingerprint density at radius 3 is 2.68 bits per heavy atom. The molecule has 0 amide bonds. The number of aliphatic hydroxyl groups is 2. The van der Waals surface area contributed by atoms with E-state index >= 15 is 0 Å². The number of aliphatic hydroxyl groups excluding tert-OH is 2. The lowest BCUT2D eigenvalue weighted by Gasteiger charge is -2.40. The van der Waals surface area contributed by atoms with Gasteiger partial charge >= 0.3 is 5.97 Å². The molecule has 6 heteroatoms. The number of piperidine rings is 1. The average Bonchev–Trinajstić information content (AvgIpc) is 2.63. The number of methoxy groups -OCH3 is 1. The number of rotatable bonds is 8. The van der Waals surface area contributed by atoms with E-state index in [4.69, 9.17) is 14.6 Å². The standard InChI is InChI=1S/C19H29NO5/c1-3-25-18(23)19(12-15-5-4-6-17(11-15)24-2)7-9-20(10-8-19)13-16(22)14-21/h4-6,11,16,21-22H,3,7-10,12-14H2,1-2H3/t16-/m0/s1. The molecule has 0 bridgehead atoms. The maximum absolute atomic E-state index is 12.7. The van der Waals surface area contributed by atoms with Crippen LogP contribution in [-0.2, 0) is 16.0 Å². The minimum atomic E-state index is -0.742. The summed E-state index contributed by atoms with van der Waals surface area (Å²) in [5.74, 6) is 0.625. The molecule has 2 rings (SSSR count). The van der Waals surface area contributed by atoms with Crippen LogP contribution in [0.3, 0.4) is 0 Å². The zero-order valence-corrected chi connectivity index (χ0v) is 15.1. The van der Waals surface area contributed by atoms with Gasteiger partial charge in [0.15, 0.2) is 0 Å². The number of likely N-dealkylation sites (tertiary alicyclic amines) is 1. The Labute approximate surface area is 149 Å². The van der Waals surface area contributed by atoms with Crippen molar-refractivity contribution in [2.45, 2.75) is 32.3 Å². The Bertz CT molecular complexity index is 555. The zero-order chi connectivity index (χ0) is 18.3. The topological polar surface area (TPSA) is 79.2 Å². The second kappa shape index (κ2) is 9.17. The Morgan fingerprint density at radius 2 is 2.08 bits per heavy atom. The van der Waals surface area contributed by atoms with E-state index in [1.165, 1.54) is 0 Å². The lowest BCUT2D eigenvalue weighted by atomic mass is 9.73. The van der Waals surface area contributed by atoms with E-state index in [0.29, 0.717) is 45.5 Å². The molecule has 25 heavy (non-hydrogen) atoms. The molecule has 2 N–H and O–H groups in total. The Kier molecular flexibility index (Phi) is 7.23. The number of esters is 1. The largest absolute Gasteiger partial charge is 0.497 e. The molecule has 1 heterocycles.